The molecule has 1 heterocycles. The molecule has 1 rings (SSSR count). The monoisotopic (exact) mass is 298 g/mol. The molecule has 0 spiro atoms. The van der Waals surface area contributed by atoms with Crippen LogP contribution in [0, 0.1) is 5.41 Å². The molecule has 0 saturated carbocycles. The molecule has 1 amide bonds. The number of nitrogens with zero attached hydrogens (tertiary/aromatic N) is 3. The Kier molecular flexibility index (Phi) is 6.63. The molecule has 0 aliphatic carbocycles. The van der Waals surface area contributed by atoms with Crippen LogP contribution in [0.15, 0.2) is 0 Å². The number of piperidine rings is 1. The van der Waals surface area contributed by atoms with Gasteiger partial charge < -0.3 is 20.4 Å². The summed E-state index contributed by atoms with van der Waals surface area (Å²) < 4.78 is 0. The number of rotatable bonds is 5. The van der Waals surface area contributed by atoms with Gasteiger partial charge in [-0.15, -0.1) is 0 Å². The van der Waals surface area contributed by atoms with Gasteiger partial charge in [0.15, 0.2) is 0 Å². The Morgan fingerprint density at radius 1 is 1.24 bits per heavy atom. The lowest BCUT2D eigenvalue weighted by Crippen LogP contribution is -2.56. The molecule has 1 aliphatic rings. The van der Waals surface area contributed by atoms with E-state index in [1.807, 2.05) is 39.8 Å². The van der Waals surface area contributed by atoms with Crippen LogP contribution in [0.5, 0.6) is 0 Å². The molecular weight excluding hydrogens is 264 g/mol. The van der Waals surface area contributed by atoms with Gasteiger partial charge in [0.05, 0.1) is 6.04 Å². The summed E-state index contributed by atoms with van der Waals surface area (Å²) in [7, 11) is 6.23. The highest BCUT2D eigenvalue weighted by atomic mass is 16.2. The van der Waals surface area contributed by atoms with Gasteiger partial charge in [-0.1, -0.05) is 20.8 Å². The van der Waals surface area contributed by atoms with Crippen LogP contribution in [0.3, 0.4) is 0 Å². The minimum Gasteiger partial charge on any atom is -0.337 e. The fraction of sp³-hybridized carbons (Fsp3) is 0.938. The van der Waals surface area contributed by atoms with Crippen molar-refractivity contribution in [2.45, 2.75) is 45.7 Å². The van der Waals surface area contributed by atoms with Crippen molar-refractivity contribution in [1.82, 2.24) is 14.7 Å². The fourth-order valence-electron chi connectivity index (χ4n) is 2.64. The number of carbonyl (C=O) groups is 1. The zero-order chi connectivity index (χ0) is 16.2. The maximum atomic E-state index is 12.9. The molecule has 0 radical (unpaired) electrons. The molecule has 1 fully saturated rings. The lowest BCUT2D eigenvalue weighted by Gasteiger charge is -2.40. The van der Waals surface area contributed by atoms with E-state index in [1.165, 1.54) is 0 Å². The molecule has 5 heteroatoms. The maximum absolute atomic E-state index is 12.9. The Hall–Kier alpha value is -0.650. The standard InChI is InChI=1S/C16H34N4O/c1-16(2,3)14(17)15(21)20(12-11-18(4)5)13-7-9-19(6)10-8-13/h13-14H,7-12,17H2,1-6H3. The molecule has 0 aromatic heterocycles. The second-order valence-electron chi connectivity index (χ2n) is 7.71. The van der Waals surface area contributed by atoms with E-state index in [-0.39, 0.29) is 11.3 Å². The normalized spacial score (nSPS) is 19.8. The van der Waals surface area contributed by atoms with Crippen molar-refractivity contribution in [2.24, 2.45) is 11.1 Å². The molecule has 1 atom stereocenters. The molecule has 124 valence electrons. The first kappa shape index (κ1) is 18.4. The summed E-state index contributed by atoms with van der Waals surface area (Å²) in [6.07, 6.45) is 2.10. The molecule has 1 saturated heterocycles. The molecule has 0 aromatic carbocycles. The van der Waals surface area contributed by atoms with Crippen molar-refractivity contribution in [3.8, 4) is 0 Å². The van der Waals surface area contributed by atoms with E-state index in [0.29, 0.717) is 6.04 Å². The maximum Gasteiger partial charge on any atom is 0.240 e. The van der Waals surface area contributed by atoms with Crippen molar-refractivity contribution < 1.29 is 4.79 Å². The third kappa shape index (κ3) is 5.57. The largest absolute Gasteiger partial charge is 0.337 e. The van der Waals surface area contributed by atoms with Crippen molar-refractivity contribution in [3.05, 3.63) is 0 Å². The minimum absolute atomic E-state index is 0.110. The van der Waals surface area contributed by atoms with Crippen LogP contribution in [0.4, 0.5) is 0 Å². The van der Waals surface area contributed by atoms with Gasteiger partial charge in [-0.2, -0.15) is 0 Å². The Balaban J connectivity index is 2.78. The van der Waals surface area contributed by atoms with E-state index >= 15 is 0 Å². The van der Waals surface area contributed by atoms with Crippen LogP contribution in [-0.2, 0) is 4.79 Å². The van der Waals surface area contributed by atoms with Gasteiger partial charge in [-0.3, -0.25) is 4.79 Å². The topological polar surface area (TPSA) is 52.8 Å². The van der Waals surface area contributed by atoms with Crippen molar-refractivity contribution in [2.75, 3.05) is 47.3 Å². The Bertz CT molecular complexity index is 330. The van der Waals surface area contributed by atoms with Gasteiger partial charge in [0.2, 0.25) is 5.91 Å². The first-order chi connectivity index (χ1) is 9.62. The molecule has 0 aromatic rings. The zero-order valence-corrected chi connectivity index (χ0v) is 14.7. The van der Waals surface area contributed by atoms with Gasteiger partial charge in [0.1, 0.15) is 0 Å². The van der Waals surface area contributed by atoms with E-state index in [1.54, 1.807) is 0 Å². The SMILES string of the molecule is CN(C)CCN(C(=O)C(N)C(C)(C)C)C1CCN(C)CC1. The summed E-state index contributed by atoms with van der Waals surface area (Å²) in [5.74, 6) is 0.110. The van der Waals surface area contributed by atoms with Crippen LogP contribution in [0.25, 0.3) is 0 Å². The molecule has 21 heavy (non-hydrogen) atoms. The quantitative estimate of drug-likeness (QED) is 0.817. The fourth-order valence-corrected chi connectivity index (χ4v) is 2.64. The van der Waals surface area contributed by atoms with E-state index in [9.17, 15) is 4.79 Å². The summed E-state index contributed by atoms with van der Waals surface area (Å²) in [5.41, 5.74) is 6.02. The molecule has 5 nitrogen and oxygen atoms in total. The average Bonchev–Trinajstić information content (AvgIpc) is 2.38. The third-order valence-electron chi connectivity index (χ3n) is 4.40. The first-order valence-electron chi connectivity index (χ1n) is 8.02. The lowest BCUT2D eigenvalue weighted by molar-refractivity contribution is -0.138. The summed E-state index contributed by atoms with van der Waals surface area (Å²) in [5, 5.41) is 0. The zero-order valence-electron chi connectivity index (χ0n) is 14.7. The molecule has 2 N–H and O–H groups in total. The Labute approximate surface area is 130 Å². The number of likely N-dealkylation sites (tertiary alicyclic amines) is 1. The summed E-state index contributed by atoms with van der Waals surface area (Å²) in [6, 6.07) is -0.0960. The van der Waals surface area contributed by atoms with Crippen LogP contribution in [-0.4, -0.2) is 80.0 Å². The van der Waals surface area contributed by atoms with Crippen LogP contribution in [0.2, 0.25) is 0 Å². The average molecular weight is 298 g/mol. The van der Waals surface area contributed by atoms with E-state index < -0.39 is 6.04 Å². The highest BCUT2D eigenvalue weighted by molar-refractivity contribution is 5.82. The molecular formula is C16H34N4O. The predicted molar refractivity (Wildman–Crippen MR) is 88.2 cm³/mol. The summed E-state index contributed by atoms with van der Waals surface area (Å²) >= 11 is 0. The lowest BCUT2D eigenvalue weighted by atomic mass is 9.86. The highest BCUT2D eigenvalue weighted by Crippen LogP contribution is 2.22. The molecule has 0 bridgehead atoms. The van der Waals surface area contributed by atoms with Gasteiger partial charge in [0.25, 0.3) is 0 Å². The number of carbonyl (C=O) groups excluding carboxylic acids is 1. The first-order valence-corrected chi connectivity index (χ1v) is 8.02. The van der Waals surface area contributed by atoms with Crippen LogP contribution >= 0.6 is 0 Å². The predicted octanol–water partition coefficient (Wildman–Crippen LogP) is 0.844. The molecule has 1 aliphatic heterocycles. The van der Waals surface area contributed by atoms with E-state index in [4.69, 9.17) is 5.73 Å². The number of likely N-dealkylation sites (N-methyl/N-ethyl adjacent to an activating group) is 1. The minimum atomic E-state index is -0.431. The van der Waals surface area contributed by atoms with Crippen LogP contribution in [0.1, 0.15) is 33.6 Å². The van der Waals surface area contributed by atoms with Gasteiger partial charge >= 0.3 is 0 Å². The summed E-state index contributed by atoms with van der Waals surface area (Å²) in [4.78, 5) is 19.3. The smallest absolute Gasteiger partial charge is 0.240 e. The van der Waals surface area contributed by atoms with Crippen molar-refractivity contribution >= 4 is 5.91 Å². The number of hydrogen-bond acceptors (Lipinski definition) is 4. The van der Waals surface area contributed by atoms with E-state index in [0.717, 1.165) is 39.0 Å². The number of hydrogen-bond donors (Lipinski definition) is 1. The Morgan fingerprint density at radius 2 is 1.76 bits per heavy atom. The second kappa shape index (κ2) is 7.56. The summed E-state index contributed by atoms with van der Waals surface area (Å²) in [6.45, 7) is 9.87. The number of amides is 1. The van der Waals surface area contributed by atoms with Gasteiger partial charge in [-0.05, 0) is 52.5 Å². The second-order valence-corrected chi connectivity index (χ2v) is 7.71. The highest BCUT2D eigenvalue weighted by Gasteiger charge is 2.34. The van der Waals surface area contributed by atoms with Crippen molar-refractivity contribution in [1.29, 1.82) is 0 Å². The Morgan fingerprint density at radius 3 is 2.19 bits per heavy atom. The third-order valence-corrected chi connectivity index (χ3v) is 4.40. The van der Waals surface area contributed by atoms with Crippen LogP contribution < -0.4 is 5.73 Å². The molecule has 1 unspecified atom stereocenters. The van der Waals surface area contributed by atoms with Crippen molar-refractivity contribution in [3.63, 3.8) is 0 Å². The van der Waals surface area contributed by atoms with E-state index in [2.05, 4.69) is 16.8 Å². The van der Waals surface area contributed by atoms with Gasteiger partial charge in [0, 0.05) is 19.1 Å². The van der Waals surface area contributed by atoms with Gasteiger partial charge in [-0.25, -0.2) is 0 Å². The number of nitrogens with two attached hydrogens (primary N) is 1.